The highest BCUT2D eigenvalue weighted by Crippen LogP contribution is 2.11. The first-order chi connectivity index (χ1) is 12.2. The van der Waals surface area contributed by atoms with Gasteiger partial charge in [-0.05, 0) is 37.0 Å². The lowest BCUT2D eigenvalue weighted by Gasteiger charge is -2.26. The van der Waals surface area contributed by atoms with Gasteiger partial charge in [-0.2, -0.15) is 0 Å². The minimum atomic E-state index is -0.443. The second-order valence-corrected chi connectivity index (χ2v) is 6.49. The highest BCUT2D eigenvalue weighted by Gasteiger charge is 2.23. The smallest absolute Gasteiger partial charge is 0.319 e. The zero-order valence-corrected chi connectivity index (χ0v) is 14.4. The van der Waals surface area contributed by atoms with Crippen molar-refractivity contribution in [2.24, 2.45) is 0 Å². The summed E-state index contributed by atoms with van der Waals surface area (Å²) in [6, 6.07) is 7.07. The van der Waals surface area contributed by atoms with Crippen molar-refractivity contribution >= 4 is 17.6 Å². The topological polar surface area (TPSA) is 82.7 Å². The number of rotatable bonds is 5. The van der Waals surface area contributed by atoms with Gasteiger partial charge in [-0.1, -0.05) is 12.1 Å². The summed E-state index contributed by atoms with van der Waals surface area (Å²) in [6.07, 6.45) is 2.54. The molecule has 7 heteroatoms. The predicted octanol–water partition coefficient (Wildman–Crippen LogP) is 0.961. The Kier molecular flexibility index (Phi) is 6.25. The Labute approximate surface area is 148 Å². The van der Waals surface area contributed by atoms with Crippen LogP contribution in [0.25, 0.3) is 0 Å². The summed E-state index contributed by atoms with van der Waals surface area (Å²) in [6.45, 7) is 5.33. The third kappa shape index (κ3) is 5.44. The van der Waals surface area contributed by atoms with Crippen LogP contribution in [0.3, 0.4) is 0 Å². The molecule has 0 aliphatic carbocycles. The molecule has 0 radical (unpaired) electrons. The molecule has 25 heavy (non-hydrogen) atoms. The molecule has 1 aromatic rings. The van der Waals surface area contributed by atoms with Gasteiger partial charge in [0.25, 0.3) is 0 Å². The number of anilines is 1. The molecule has 0 bridgehead atoms. The van der Waals surface area contributed by atoms with Crippen molar-refractivity contribution < 1.29 is 14.3 Å². The number of hydrogen-bond acceptors (Lipinski definition) is 4. The number of carbonyl (C=O) groups excluding carboxylic acids is 2. The standard InChI is InChI=1S/C18H26N4O3/c23-17-16(2-1-8-19-17)21-18(24)20-15-5-3-14(4-6-15)7-9-22-10-12-25-13-11-22/h3-6,16H,1-2,7-13H2,(H,19,23)(H2,20,21,24)/t16-/m0/s1. The number of nitrogens with one attached hydrogen (secondary N) is 3. The van der Waals surface area contributed by atoms with Gasteiger partial charge in [0.15, 0.2) is 0 Å². The van der Waals surface area contributed by atoms with E-state index < -0.39 is 6.04 Å². The van der Waals surface area contributed by atoms with Crippen molar-refractivity contribution in [3.05, 3.63) is 29.8 Å². The largest absolute Gasteiger partial charge is 0.379 e. The van der Waals surface area contributed by atoms with Gasteiger partial charge >= 0.3 is 6.03 Å². The predicted molar refractivity (Wildman–Crippen MR) is 95.6 cm³/mol. The van der Waals surface area contributed by atoms with Crippen LogP contribution in [0.1, 0.15) is 18.4 Å². The molecule has 0 saturated carbocycles. The maximum Gasteiger partial charge on any atom is 0.319 e. The summed E-state index contributed by atoms with van der Waals surface area (Å²) in [5.41, 5.74) is 1.97. The molecule has 1 atom stereocenters. The van der Waals surface area contributed by atoms with Gasteiger partial charge in [0, 0.05) is 31.9 Å². The molecular weight excluding hydrogens is 320 g/mol. The van der Waals surface area contributed by atoms with Crippen molar-refractivity contribution in [3.8, 4) is 0 Å². The zero-order valence-electron chi connectivity index (χ0n) is 14.4. The average molecular weight is 346 g/mol. The van der Waals surface area contributed by atoms with E-state index in [9.17, 15) is 9.59 Å². The van der Waals surface area contributed by atoms with E-state index >= 15 is 0 Å². The fourth-order valence-electron chi connectivity index (χ4n) is 3.10. The lowest BCUT2D eigenvalue weighted by molar-refractivity contribution is -0.124. The van der Waals surface area contributed by atoms with E-state index in [0.29, 0.717) is 13.0 Å². The van der Waals surface area contributed by atoms with Crippen molar-refractivity contribution in [1.29, 1.82) is 0 Å². The molecular formula is C18H26N4O3. The normalized spacial score (nSPS) is 21.4. The SMILES string of the molecule is O=C(Nc1ccc(CCN2CCOCC2)cc1)N[C@H]1CCCNC1=O. The van der Waals surface area contributed by atoms with Crippen LogP contribution >= 0.6 is 0 Å². The molecule has 0 spiro atoms. The Balaban J connectivity index is 1.43. The van der Waals surface area contributed by atoms with E-state index in [0.717, 1.165) is 51.4 Å². The summed E-state index contributed by atoms with van der Waals surface area (Å²) in [7, 11) is 0. The summed E-state index contributed by atoms with van der Waals surface area (Å²) in [5.74, 6) is -0.111. The molecule has 0 unspecified atom stereocenters. The van der Waals surface area contributed by atoms with Crippen LogP contribution in [0, 0.1) is 0 Å². The first-order valence-corrected chi connectivity index (χ1v) is 8.95. The first-order valence-electron chi connectivity index (χ1n) is 8.95. The van der Waals surface area contributed by atoms with Crippen LogP contribution in [-0.4, -0.2) is 62.3 Å². The molecule has 3 rings (SSSR count). The Morgan fingerprint density at radius 1 is 1.24 bits per heavy atom. The maximum atomic E-state index is 12.0. The van der Waals surface area contributed by atoms with E-state index in [1.54, 1.807) is 0 Å². The van der Waals surface area contributed by atoms with Gasteiger partial charge in [-0.25, -0.2) is 4.79 Å². The molecule has 0 aromatic heterocycles. The number of morpholine rings is 1. The zero-order chi connectivity index (χ0) is 17.5. The summed E-state index contributed by atoms with van der Waals surface area (Å²) < 4.78 is 5.35. The van der Waals surface area contributed by atoms with Crippen LogP contribution in [-0.2, 0) is 16.0 Å². The van der Waals surface area contributed by atoms with Crippen LogP contribution in [0.5, 0.6) is 0 Å². The Morgan fingerprint density at radius 3 is 2.72 bits per heavy atom. The fraction of sp³-hybridized carbons (Fsp3) is 0.556. The first kappa shape index (κ1) is 17.7. The average Bonchev–Trinajstić information content (AvgIpc) is 2.64. The van der Waals surface area contributed by atoms with E-state index in [2.05, 4.69) is 20.9 Å². The Morgan fingerprint density at radius 2 is 2.00 bits per heavy atom. The number of ether oxygens (including phenoxy) is 1. The van der Waals surface area contributed by atoms with Gasteiger partial charge in [0.05, 0.1) is 13.2 Å². The van der Waals surface area contributed by atoms with Gasteiger partial charge in [-0.3, -0.25) is 9.69 Å². The number of piperidine rings is 1. The number of hydrogen-bond donors (Lipinski definition) is 3. The summed E-state index contributed by atoms with van der Waals surface area (Å²) >= 11 is 0. The van der Waals surface area contributed by atoms with Crippen molar-refractivity contribution in [2.45, 2.75) is 25.3 Å². The lowest BCUT2D eigenvalue weighted by atomic mass is 10.1. The summed E-state index contributed by atoms with van der Waals surface area (Å²) in [5, 5.41) is 8.26. The van der Waals surface area contributed by atoms with Crippen LogP contribution in [0.4, 0.5) is 10.5 Å². The summed E-state index contributed by atoms with van der Waals surface area (Å²) in [4.78, 5) is 26.1. The molecule has 7 nitrogen and oxygen atoms in total. The van der Waals surface area contributed by atoms with Crippen LogP contribution in [0.15, 0.2) is 24.3 Å². The van der Waals surface area contributed by atoms with E-state index in [1.165, 1.54) is 5.56 Å². The molecule has 1 aromatic carbocycles. The van der Waals surface area contributed by atoms with E-state index in [-0.39, 0.29) is 11.9 Å². The molecule has 2 fully saturated rings. The number of carbonyl (C=O) groups is 2. The highest BCUT2D eigenvalue weighted by atomic mass is 16.5. The number of amides is 3. The van der Waals surface area contributed by atoms with Crippen LogP contribution < -0.4 is 16.0 Å². The number of nitrogens with zero attached hydrogens (tertiary/aromatic N) is 1. The second kappa shape index (κ2) is 8.82. The molecule has 2 aliphatic rings. The third-order valence-corrected chi connectivity index (χ3v) is 4.62. The van der Waals surface area contributed by atoms with Gasteiger partial charge in [-0.15, -0.1) is 0 Å². The van der Waals surface area contributed by atoms with E-state index in [4.69, 9.17) is 4.74 Å². The Bertz CT molecular complexity index is 584. The fourth-order valence-corrected chi connectivity index (χ4v) is 3.10. The van der Waals surface area contributed by atoms with Crippen molar-refractivity contribution in [1.82, 2.24) is 15.5 Å². The van der Waals surface area contributed by atoms with Crippen LogP contribution in [0.2, 0.25) is 0 Å². The monoisotopic (exact) mass is 346 g/mol. The third-order valence-electron chi connectivity index (χ3n) is 4.62. The minimum Gasteiger partial charge on any atom is -0.379 e. The van der Waals surface area contributed by atoms with Crippen molar-refractivity contribution in [2.75, 3.05) is 44.7 Å². The van der Waals surface area contributed by atoms with Gasteiger partial charge in [0.1, 0.15) is 6.04 Å². The molecule has 3 N–H and O–H groups in total. The molecule has 2 heterocycles. The highest BCUT2D eigenvalue weighted by molar-refractivity contribution is 5.93. The Hall–Kier alpha value is -2.12. The van der Waals surface area contributed by atoms with Crippen molar-refractivity contribution in [3.63, 3.8) is 0 Å². The second-order valence-electron chi connectivity index (χ2n) is 6.49. The van der Waals surface area contributed by atoms with Gasteiger partial charge in [0.2, 0.25) is 5.91 Å². The quantitative estimate of drug-likeness (QED) is 0.742. The molecule has 2 aliphatic heterocycles. The molecule has 3 amide bonds. The maximum absolute atomic E-state index is 12.0. The lowest BCUT2D eigenvalue weighted by Crippen LogP contribution is -2.51. The van der Waals surface area contributed by atoms with Gasteiger partial charge < -0.3 is 20.7 Å². The molecule has 2 saturated heterocycles. The minimum absolute atomic E-state index is 0.111. The molecule has 136 valence electrons. The van der Waals surface area contributed by atoms with E-state index in [1.807, 2.05) is 24.3 Å². The number of benzene rings is 1. The number of urea groups is 1.